The van der Waals surface area contributed by atoms with Gasteiger partial charge in [0, 0.05) is 13.2 Å². The molecule has 2 N–H and O–H groups in total. The molecule has 0 amide bonds. The third-order valence-corrected chi connectivity index (χ3v) is 2.31. The van der Waals surface area contributed by atoms with Gasteiger partial charge in [0.2, 0.25) is 0 Å². The summed E-state index contributed by atoms with van der Waals surface area (Å²) >= 11 is 0. The van der Waals surface area contributed by atoms with E-state index in [4.69, 9.17) is 15.2 Å². The van der Waals surface area contributed by atoms with Crippen molar-refractivity contribution in [3.63, 3.8) is 0 Å². The van der Waals surface area contributed by atoms with E-state index in [1.807, 2.05) is 0 Å². The van der Waals surface area contributed by atoms with Crippen LogP contribution in [0, 0.1) is 0 Å². The van der Waals surface area contributed by atoms with Gasteiger partial charge in [-0.1, -0.05) is 0 Å². The summed E-state index contributed by atoms with van der Waals surface area (Å²) in [7, 11) is 1.69. The Kier molecular flexibility index (Phi) is 4.58. The second-order valence-corrected chi connectivity index (χ2v) is 3.41. The van der Waals surface area contributed by atoms with Crippen LogP contribution in [-0.4, -0.2) is 32.5 Å². The summed E-state index contributed by atoms with van der Waals surface area (Å²) in [6, 6.07) is 0.353. The molecule has 0 aromatic rings. The molecule has 0 spiro atoms. The molecule has 12 heavy (non-hydrogen) atoms. The number of hydrogen-bond acceptors (Lipinski definition) is 3. The zero-order valence-corrected chi connectivity index (χ0v) is 7.79. The van der Waals surface area contributed by atoms with Crippen LogP contribution >= 0.6 is 0 Å². The molecule has 0 aromatic carbocycles. The Hall–Kier alpha value is -0.120. The van der Waals surface area contributed by atoms with Crippen LogP contribution in [0.25, 0.3) is 0 Å². The van der Waals surface area contributed by atoms with E-state index in [0.717, 1.165) is 19.3 Å². The second kappa shape index (κ2) is 5.51. The lowest BCUT2D eigenvalue weighted by atomic mass is 9.94. The summed E-state index contributed by atoms with van der Waals surface area (Å²) < 4.78 is 10.5. The van der Waals surface area contributed by atoms with Crippen LogP contribution in [-0.2, 0) is 9.47 Å². The van der Waals surface area contributed by atoms with Crippen LogP contribution in [0.15, 0.2) is 0 Å². The van der Waals surface area contributed by atoms with E-state index >= 15 is 0 Å². The molecule has 3 nitrogen and oxygen atoms in total. The number of nitrogens with two attached hydrogens (primary N) is 1. The number of rotatable bonds is 4. The highest BCUT2D eigenvalue weighted by molar-refractivity contribution is 4.75. The van der Waals surface area contributed by atoms with Gasteiger partial charge >= 0.3 is 0 Å². The monoisotopic (exact) mass is 173 g/mol. The highest BCUT2D eigenvalue weighted by Crippen LogP contribution is 2.19. The molecule has 1 aliphatic rings. The Morgan fingerprint density at radius 1 is 1.33 bits per heavy atom. The average Bonchev–Trinajstić information content (AvgIpc) is 2.05. The largest absolute Gasteiger partial charge is 0.382 e. The minimum atomic E-state index is 0.353. The molecular weight excluding hydrogens is 154 g/mol. The SMILES string of the molecule is COCCOC1CCCC(N)C1. The standard InChI is InChI=1S/C9H19NO2/c1-11-5-6-12-9-4-2-3-8(10)7-9/h8-9H,2-7,10H2,1H3. The van der Waals surface area contributed by atoms with E-state index in [2.05, 4.69) is 0 Å². The maximum atomic E-state index is 5.82. The molecule has 1 saturated carbocycles. The zero-order chi connectivity index (χ0) is 8.81. The average molecular weight is 173 g/mol. The molecule has 72 valence electrons. The first-order valence-electron chi connectivity index (χ1n) is 4.69. The smallest absolute Gasteiger partial charge is 0.0704 e. The fourth-order valence-corrected chi connectivity index (χ4v) is 1.63. The summed E-state index contributed by atoms with van der Waals surface area (Å²) in [6.07, 6.45) is 4.92. The van der Waals surface area contributed by atoms with Crippen LogP contribution in [0.4, 0.5) is 0 Å². The summed E-state index contributed by atoms with van der Waals surface area (Å²) in [5, 5.41) is 0. The molecule has 3 heteroatoms. The van der Waals surface area contributed by atoms with E-state index in [1.165, 1.54) is 6.42 Å². The molecule has 2 atom stereocenters. The molecule has 0 radical (unpaired) electrons. The maximum absolute atomic E-state index is 5.82. The normalized spacial score (nSPS) is 30.5. The van der Waals surface area contributed by atoms with Crippen LogP contribution in [0.3, 0.4) is 0 Å². The molecular formula is C9H19NO2. The molecule has 1 fully saturated rings. The number of ether oxygens (including phenoxy) is 2. The highest BCUT2D eigenvalue weighted by atomic mass is 16.5. The molecule has 0 saturated heterocycles. The number of methoxy groups -OCH3 is 1. The summed E-state index contributed by atoms with van der Waals surface area (Å²) in [4.78, 5) is 0. The van der Waals surface area contributed by atoms with Gasteiger partial charge in [-0.15, -0.1) is 0 Å². The maximum Gasteiger partial charge on any atom is 0.0704 e. The van der Waals surface area contributed by atoms with Crippen molar-refractivity contribution in [2.75, 3.05) is 20.3 Å². The number of hydrogen-bond donors (Lipinski definition) is 1. The minimum Gasteiger partial charge on any atom is -0.382 e. The first kappa shape index (κ1) is 9.96. The van der Waals surface area contributed by atoms with E-state index < -0.39 is 0 Å². The first-order chi connectivity index (χ1) is 5.83. The lowest BCUT2D eigenvalue weighted by Gasteiger charge is -2.26. The molecule has 0 aromatic heterocycles. The minimum absolute atomic E-state index is 0.353. The quantitative estimate of drug-likeness (QED) is 0.643. The Morgan fingerprint density at radius 3 is 2.83 bits per heavy atom. The van der Waals surface area contributed by atoms with E-state index in [1.54, 1.807) is 7.11 Å². The van der Waals surface area contributed by atoms with Crippen molar-refractivity contribution < 1.29 is 9.47 Å². The third kappa shape index (κ3) is 3.52. The van der Waals surface area contributed by atoms with E-state index in [0.29, 0.717) is 25.4 Å². The van der Waals surface area contributed by atoms with Crippen molar-refractivity contribution >= 4 is 0 Å². The summed E-state index contributed by atoms with van der Waals surface area (Å²) in [5.74, 6) is 0. The van der Waals surface area contributed by atoms with Gasteiger partial charge in [0.1, 0.15) is 0 Å². The molecule has 0 aliphatic heterocycles. The van der Waals surface area contributed by atoms with Gasteiger partial charge in [-0.25, -0.2) is 0 Å². The molecule has 1 aliphatic carbocycles. The van der Waals surface area contributed by atoms with Crippen molar-refractivity contribution in [2.24, 2.45) is 5.73 Å². The van der Waals surface area contributed by atoms with Crippen molar-refractivity contribution in [1.29, 1.82) is 0 Å². The van der Waals surface area contributed by atoms with Gasteiger partial charge in [-0.05, 0) is 25.7 Å². The fraction of sp³-hybridized carbons (Fsp3) is 1.00. The molecule has 0 heterocycles. The molecule has 1 rings (SSSR count). The van der Waals surface area contributed by atoms with E-state index in [-0.39, 0.29) is 0 Å². The van der Waals surface area contributed by atoms with Gasteiger partial charge in [0.15, 0.2) is 0 Å². The lowest BCUT2D eigenvalue weighted by molar-refractivity contribution is -0.00362. The van der Waals surface area contributed by atoms with Gasteiger partial charge in [-0.2, -0.15) is 0 Å². The molecule has 2 unspecified atom stereocenters. The van der Waals surface area contributed by atoms with Crippen LogP contribution in [0.2, 0.25) is 0 Å². The van der Waals surface area contributed by atoms with Crippen LogP contribution in [0.5, 0.6) is 0 Å². The van der Waals surface area contributed by atoms with Crippen molar-refractivity contribution in [3.8, 4) is 0 Å². The topological polar surface area (TPSA) is 44.5 Å². The Morgan fingerprint density at radius 2 is 2.17 bits per heavy atom. The zero-order valence-electron chi connectivity index (χ0n) is 7.79. The predicted octanol–water partition coefficient (Wildman–Crippen LogP) is 0.919. The van der Waals surface area contributed by atoms with E-state index in [9.17, 15) is 0 Å². The molecule has 0 bridgehead atoms. The highest BCUT2D eigenvalue weighted by Gasteiger charge is 2.18. The van der Waals surface area contributed by atoms with Gasteiger partial charge in [0.25, 0.3) is 0 Å². The second-order valence-electron chi connectivity index (χ2n) is 3.41. The van der Waals surface area contributed by atoms with Gasteiger partial charge < -0.3 is 15.2 Å². The van der Waals surface area contributed by atoms with Crippen molar-refractivity contribution in [3.05, 3.63) is 0 Å². The van der Waals surface area contributed by atoms with Gasteiger partial charge in [0.05, 0.1) is 19.3 Å². The predicted molar refractivity (Wildman–Crippen MR) is 48.1 cm³/mol. The fourth-order valence-electron chi connectivity index (χ4n) is 1.63. The third-order valence-electron chi connectivity index (χ3n) is 2.31. The first-order valence-corrected chi connectivity index (χ1v) is 4.69. The van der Waals surface area contributed by atoms with Crippen molar-refractivity contribution in [2.45, 2.75) is 37.8 Å². The summed E-state index contributed by atoms with van der Waals surface area (Å²) in [6.45, 7) is 1.39. The lowest BCUT2D eigenvalue weighted by Crippen LogP contribution is -2.32. The van der Waals surface area contributed by atoms with Crippen LogP contribution < -0.4 is 5.73 Å². The van der Waals surface area contributed by atoms with Crippen LogP contribution in [0.1, 0.15) is 25.7 Å². The Balaban J connectivity index is 2.06. The Bertz CT molecular complexity index is 119. The summed E-state index contributed by atoms with van der Waals surface area (Å²) in [5.41, 5.74) is 5.82. The van der Waals surface area contributed by atoms with Crippen molar-refractivity contribution in [1.82, 2.24) is 0 Å². The Labute approximate surface area is 74.2 Å². The van der Waals surface area contributed by atoms with Gasteiger partial charge in [-0.3, -0.25) is 0 Å².